The van der Waals surface area contributed by atoms with Crippen LogP contribution in [0.2, 0.25) is 0 Å². The Morgan fingerprint density at radius 1 is 1.00 bits per heavy atom. The lowest BCUT2D eigenvalue weighted by Crippen LogP contribution is -2.31. The molecule has 144 valence electrons. The molecule has 7 nitrogen and oxygen atoms in total. The zero-order valence-electron chi connectivity index (χ0n) is 14.9. The Balaban J connectivity index is 1.49. The van der Waals surface area contributed by atoms with Crippen LogP contribution in [0.5, 0.6) is 0 Å². The van der Waals surface area contributed by atoms with E-state index in [1.54, 1.807) is 13.1 Å². The maximum absolute atomic E-state index is 13.0. The van der Waals surface area contributed by atoms with Crippen molar-refractivity contribution in [3.63, 3.8) is 0 Å². The molecule has 10 heteroatoms. The number of hydrogen-bond donors (Lipinski definition) is 0. The molecule has 2 atom stereocenters. The summed E-state index contributed by atoms with van der Waals surface area (Å²) in [6, 6.07) is 4.23. The third kappa shape index (κ3) is 3.35. The van der Waals surface area contributed by atoms with E-state index in [1.807, 2.05) is 4.90 Å². The minimum Gasteiger partial charge on any atom is -0.356 e. The second-order valence-corrected chi connectivity index (χ2v) is 7.14. The van der Waals surface area contributed by atoms with Gasteiger partial charge in [-0.3, -0.25) is 4.79 Å². The van der Waals surface area contributed by atoms with E-state index in [1.165, 1.54) is 17.7 Å². The SMILES string of the molecule is Cc1nc(N2CC3CN(c4ccc(=O)n(C)n4)CC3C2)cc(C(F)(F)F)n1. The number of rotatable bonds is 2. The van der Waals surface area contributed by atoms with E-state index in [9.17, 15) is 18.0 Å². The van der Waals surface area contributed by atoms with Gasteiger partial charge in [-0.15, -0.1) is 0 Å². The fourth-order valence-electron chi connectivity index (χ4n) is 3.89. The van der Waals surface area contributed by atoms with Crippen molar-refractivity contribution < 1.29 is 13.2 Å². The Hall–Kier alpha value is -2.65. The van der Waals surface area contributed by atoms with Crippen molar-refractivity contribution in [3.8, 4) is 0 Å². The summed E-state index contributed by atoms with van der Waals surface area (Å²) < 4.78 is 40.4. The zero-order valence-corrected chi connectivity index (χ0v) is 14.9. The van der Waals surface area contributed by atoms with E-state index >= 15 is 0 Å². The lowest BCUT2D eigenvalue weighted by molar-refractivity contribution is -0.141. The summed E-state index contributed by atoms with van der Waals surface area (Å²) in [6.45, 7) is 4.26. The molecule has 2 aliphatic heterocycles. The van der Waals surface area contributed by atoms with Crippen molar-refractivity contribution in [2.75, 3.05) is 36.0 Å². The topological polar surface area (TPSA) is 67.2 Å². The number of nitrogens with zero attached hydrogens (tertiary/aromatic N) is 6. The molecular weight excluding hydrogens is 361 g/mol. The third-order valence-corrected chi connectivity index (χ3v) is 5.20. The van der Waals surface area contributed by atoms with Crippen molar-refractivity contribution in [1.29, 1.82) is 0 Å². The second-order valence-electron chi connectivity index (χ2n) is 7.14. The Morgan fingerprint density at radius 2 is 1.59 bits per heavy atom. The molecule has 2 fully saturated rings. The summed E-state index contributed by atoms with van der Waals surface area (Å²) in [5.41, 5.74) is -1.07. The van der Waals surface area contributed by atoms with Gasteiger partial charge in [-0.05, 0) is 13.0 Å². The van der Waals surface area contributed by atoms with Gasteiger partial charge in [0.15, 0.2) is 0 Å². The molecule has 2 aromatic rings. The molecule has 2 aromatic heterocycles. The molecule has 4 heterocycles. The minimum absolute atomic E-state index is 0.118. The zero-order chi connectivity index (χ0) is 19.3. The van der Waals surface area contributed by atoms with E-state index in [2.05, 4.69) is 20.0 Å². The second kappa shape index (κ2) is 6.21. The number of halogens is 3. The highest BCUT2D eigenvalue weighted by molar-refractivity contribution is 5.45. The van der Waals surface area contributed by atoms with Crippen LogP contribution in [-0.2, 0) is 13.2 Å². The predicted molar refractivity (Wildman–Crippen MR) is 92.7 cm³/mol. The van der Waals surface area contributed by atoms with Crippen LogP contribution in [0.1, 0.15) is 11.5 Å². The van der Waals surface area contributed by atoms with Gasteiger partial charge in [0.05, 0.1) is 0 Å². The van der Waals surface area contributed by atoms with Gasteiger partial charge >= 0.3 is 6.18 Å². The molecule has 0 radical (unpaired) electrons. The molecule has 0 spiro atoms. The van der Waals surface area contributed by atoms with Crippen LogP contribution in [0.25, 0.3) is 0 Å². The summed E-state index contributed by atoms with van der Waals surface area (Å²) in [5.74, 6) is 1.82. The molecule has 0 amide bonds. The van der Waals surface area contributed by atoms with Gasteiger partial charge in [-0.1, -0.05) is 0 Å². The molecule has 2 aliphatic rings. The van der Waals surface area contributed by atoms with Gasteiger partial charge < -0.3 is 9.80 Å². The Bertz CT molecular complexity index is 914. The first-order valence-electron chi connectivity index (χ1n) is 8.68. The average molecular weight is 380 g/mol. The van der Waals surface area contributed by atoms with Crippen LogP contribution >= 0.6 is 0 Å². The average Bonchev–Trinajstić information content (AvgIpc) is 3.15. The molecular formula is C17H19F3N6O. The lowest BCUT2D eigenvalue weighted by atomic mass is 10.0. The fraction of sp³-hybridized carbons (Fsp3) is 0.529. The van der Waals surface area contributed by atoms with Crippen LogP contribution in [0.15, 0.2) is 23.0 Å². The molecule has 2 unspecified atom stereocenters. The number of aromatic nitrogens is 4. The number of alkyl halides is 3. The highest BCUT2D eigenvalue weighted by atomic mass is 19.4. The van der Waals surface area contributed by atoms with Crippen LogP contribution < -0.4 is 15.4 Å². The van der Waals surface area contributed by atoms with Crippen molar-refractivity contribution in [1.82, 2.24) is 19.7 Å². The Kier molecular flexibility index (Phi) is 4.08. The van der Waals surface area contributed by atoms with Gasteiger partial charge in [0.1, 0.15) is 23.2 Å². The van der Waals surface area contributed by atoms with Gasteiger partial charge in [0.2, 0.25) is 0 Å². The van der Waals surface area contributed by atoms with Crippen molar-refractivity contribution in [2.24, 2.45) is 18.9 Å². The van der Waals surface area contributed by atoms with Gasteiger partial charge in [0, 0.05) is 57.2 Å². The summed E-state index contributed by atoms with van der Waals surface area (Å²) in [4.78, 5) is 23.2. The fourth-order valence-corrected chi connectivity index (χ4v) is 3.89. The molecule has 4 rings (SSSR count). The largest absolute Gasteiger partial charge is 0.433 e. The summed E-state index contributed by atoms with van der Waals surface area (Å²) in [5, 5.41) is 4.28. The number of hydrogen-bond acceptors (Lipinski definition) is 6. The molecule has 27 heavy (non-hydrogen) atoms. The molecule has 0 aromatic carbocycles. The third-order valence-electron chi connectivity index (χ3n) is 5.20. The lowest BCUT2D eigenvalue weighted by Gasteiger charge is -2.23. The molecule has 2 saturated heterocycles. The predicted octanol–water partition coefficient (Wildman–Crippen LogP) is 1.47. The van der Waals surface area contributed by atoms with Crippen molar-refractivity contribution >= 4 is 11.6 Å². The van der Waals surface area contributed by atoms with Gasteiger partial charge in [-0.25, -0.2) is 14.6 Å². The van der Waals surface area contributed by atoms with E-state index < -0.39 is 11.9 Å². The first kappa shape index (κ1) is 17.7. The quantitative estimate of drug-likeness (QED) is 0.786. The van der Waals surface area contributed by atoms with Crippen LogP contribution in [0.3, 0.4) is 0 Å². The monoisotopic (exact) mass is 380 g/mol. The van der Waals surface area contributed by atoms with E-state index in [4.69, 9.17) is 0 Å². The smallest absolute Gasteiger partial charge is 0.356 e. The summed E-state index contributed by atoms with van der Waals surface area (Å²) in [6.07, 6.45) is -4.48. The van der Waals surface area contributed by atoms with E-state index in [-0.39, 0.29) is 11.4 Å². The van der Waals surface area contributed by atoms with Crippen molar-refractivity contribution in [2.45, 2.75) is 13.1 Å². The first-order chi connectivity index (χ1) is 12.7. The minimum atomic E-state index is -4.48. The van der Waals surface area contributed by atoms with E-state index in [0.717, 1.165) is 25.0 Å². The highest BCUT2D eigenvalue weighted by Crippen LogP contribution is 2.36. The van der Waals surface area contributed by atoms with Crippen LogP contribution in [0, 0.1) is 18.8 Å². The molecule has 0 aliphatic carbocycles. The number of aryl methyl sites for hydroxylation is 2. The molecule has 0 N–H and O–H groups in total. The molecule has 0 bridgehead atoms. The Morgan fingerprint density at radius 3 is 2.15 bits per heavy atom. The van der Waals surface area contributed by atoms with Gasteiger partial charge in [0.25, 0.3) is 5.56 Å². The Labute approximate surface area is 153 Å². The first-order valence-corrected chi connectivity index (χ1v) is 8.68. The van der Waals surface area contributed by atoms with Crippen LogP contribution in [-0.4, -0.2) is 45.9 Å². The van der Waals surface area contributed by atoms with E-state index in [0.29, 0.717) is 30.7 Å². The van der Waals surface area contributed by atoms with Crippen molar-refractivity contribution in [3.05, 3.63) is 40.1 Å². The number of fused-ring (bicyclic) bond motifs is 1. The summed E-state index contributed by atoms with van der Waals surface area (Å²) >= 11 is 0. The highest BCUT2D eigenvalue weighted by Gasteiger charge is 2.42. The van der Waals surface area contributed by atoms with Crippen LogP contribution in [0.4, 0.5) is 24.8 Å². The van der Waals surface area contributed by atoms with Gasteiger partial charge in [-0.2, -0.15) is 18.3 Å². The maximum Gasteiger partial charge on any atom is 0.433 e. The summed E-state index contributed by atoms with van der Waals surface area (Å²) in [7, 11) is 1.61. The standard InChI is InChI=1S/C17H19F3N6O/c1-10-21-13(17(18,19)20)5-15(22-10)26-8-11-6-25(7-12(11)9-26)14-3-4-16(27)24(2)23-14/h3-5,11-12H,6-9H2,1-2H3. The number of anilines is 2. The normalized spacial score (nSPS) is 22.4. The maximum atomic E-state index is 13.0. The molecule has 0 saturated carbocycles.